The average Bonchev–Trinajstić information content (AvgIpc) is 2.68. The van der Waals surface area contributed by atoms with Crippen LogP contribution in [0.4, 0.5) is 0 Å². The molecule has 3 heterocycles. The molecule has 0 radical (unpaired) electrons. The van der Waals surface area contributed by atoms with Crippen LogP contribution in [0, 0.1) is 17.8 Å². The van der Waals surface area contributed by atoms with Gasteiger partial charge in [0.1, 0.15) is 23.5 Å². The highest BCUT2D eigenvalue weighted by Crippen LogP contribution is 2.53. The van der Waals surface area contributed by atoms with E-state index in [1.807, 2.05) is 0 Å². The topological polar surface area (TPSA) is 18.5 Å². The summed E-state index contributed by atoms with van der Waals surface area (Å²) >= 11 is 0. The smallest absolute Gasteiger partial charge is 0.140 e. The Hall–Kier alpha value is -1.50. The van der Waals surface area contributed by atoms with Crippen LogP contribution in [-0.4, -0.2) is 42.4 Å². The Morgan fingerprint density at radius 3 is 2.64 bits per heavy atom. The lowest BCUT2D eigenvalue weighted by Crippen LogP contribution is -2.52. The van der Waals surface area contributed by atoms with E-state index in [0.29, 0.717) is 5.92 Å². The molecule has 28 heavy (non-hydrogen) atoms. The quantitative estimate of drug-likeness (QED) is 0.523. The molecule has 0 N–H and O–H groups in total. The zero-order valence-electron chi connectivity index (χ0n) is 18.1. The summed E-state index contributed by atoms with van der Waals surface area (Å²) in [5, 5.41) is 0. The van der Waals surface area contributed by atoms with E-state index in [4.69, 9.17) is 9.47 Å². The highest BCUT2D eigenvalue weighted by atomic mass is 16.5. The lowest BCUT2D eigenvalue weighted by molar-refractivity contribution is -0.907. The first-order valence-corrected chi connectivity index (χ1v) is 11.2. The number of ether oxygens (including phenoxy) is 2. The normalized spacial score (nSPS) is 36.3. The van der Waals surface area contributed by atoms with Crippen LogP contribution in [-0.2, 0) is 4.74 Å². The lowest BCUT2D eigenvalue weighted by atomic mass is 9.71. The van der Waals surface area contributed by atoms with Crippen molar-refractivity contribution in [1.29, 1.82) is 0 Å². The van der Waals surface area contributed by atoms with Crippen molar-refractivity contribution in [2.75, 3.05) is 26.7 Å². The summed E-state index contributed by atoms with van der Waals surface area (Å²) in [7, 11) is 2.36. The van der Waals surface area contributed by atoms with Gasteiger partial charge in [0.05, 0.1) is 26.2 Å². The molecule has 0 amide bonds. The van der Waals surface area contributed by atoms with Crippen LogP contribution in [0.25, 0.3) is 0 Å². The predicted octanol–water partition coefficient (Wildman–Crippen LogP) is 5.11. The van der Waals surface area contributed by atoms with Crippen molar-refractivity contribution in [3.8, 4) is 17.6 Å². The largest absolute Gasteiger partial charge is 0.487 e. The highest BCUT2D eigenvalue weighted by molar-refractivity contribution is 5.39. The number of nitrogens with zero attached hydrogens (tertiary/aromatic N) is 1. The van der Waals surface area contributed by atoms with Crippen molar-refractivity contribution in [1.82, 2.24) is 0 Å². The van der Waals surface area contributed by atoms with E-state index in [2.05, 4.69) is 63.9 Å². The lowest BCUT2D eigenvalue weighted by Gasteiger charge is -2.51. The van der Waals surface area contributed by atoms with E-state index in [1.165, 1.54) is 37.9 Å². The van der Waals surface area contributed by atoms with Crippen LogP contribution in [0.5, 0.6) is 5.75 Å². The summed E-state index contributed by atoms with van der Waals surface area (Å²) in [5.74, 6) is 8.44. The van der Waals surface area contributed by atoms with E-state index in [1.54, 1.807) is 0 Å². The molecule has 4 atom stereocenters. The molecular weight excluding hydrogens is 346 g/mol. The van der Waals surface area contributed by atoms with Gasteiger partial charge in [0.15, 0.2) is 0 Å². The third-order valence-corrected chi connectivity index (χ3v) is 7.45. The van der Waals surface area contributed by atoms with Crippen LogP contribution >= 0.6 is 0 Å². The molecule has 3 aliphatic rings. The molecule has 4 rings (SSSR count). The minimum atomic E-state index is -0.366. The van der Waals surface area contributed by atoms with Crippen LogP contribution in [0.1, 0.15) is 71.0 Å². The zero-order chi connectivity index (χ0) is 19.8. The Balaban J connectivity index is 1.55. The highest BCUT2D eigenvalue weighted by Gasteiger charge is 2.51. The van der Waals surface area contributed by atoms with Crippen molar-refractivity contribution in [3.05, 3.63) is 29.8 Å². The van der Waals surface area contributed by atoms with Gasteiger partial charge in [-0.15, -0.1) is 0 Å². The standard InChI is InChI=1S/C25H36NO2/c1-5-25(3)21-14-16-24(2,15-11-19-26(4)17-9-6-10-18-26)28-23(21)20-12-7-8-13-22(20)27-25/h7-8,12-13,21,23H,5-6,9-10,14,16-19H2,1-4H3/q+1/t21-,23+,24+,25-/m0/s1. The fourth-order valence-corrected chi connectivity index (χ4v) is 5.32. The molecule has 1 aromatic rings. The zero-order valence-corrected chi connectivity index (χ0v) is 18.1. The summed E-state index contributed by atoms with van der Waals surface area (Å²) in [6.45, 7) is 10.1. The van der Waals surface area contributed by atoms with Gasteiger partial charge in [-0.2, -0.15) is 0 Å². The predicted molar refractivity (Wildman–Crippen MR) is 113 cm³/mol. The number of likely N-dealkylation sites (tertiary alicyclic amines) is 1. The van der Waals surface area contributed by atoms with Crippen LogP contribution in [0.3, 0.4) is 0 Å². The third-order valence-electron chi connectivity index (χ3n) is 7.45. The maximum absolute atomic E-state index is 6.76. The summed E-state index contributed by atoms with van der Waals surface area (Å²) in [6.07, 6.45) is 7.19. The molecule has 0 aromatic heterocycles. The van der Waals surface area contributed by atoms with Gasteiger partial charge in [0.2, 0.25) is 0 Å². The van der Waals surface area contributed by atoms with Gasteiger partial charge in [0.25, 0.3) is 0 Å². The van der Waals surface area contributed by atoms with Crippen LogP contribution in [0.15, 0.2) is 24.3 Å². The molecule has 152 valence electrons. The molecule has 2 fully saturated rings. The molecule has 3 aliphatic heterocycles. The van der Waals surface area contributed by atoms with E-state index >= 15 is 0 Å². The minimum absolute atomic E-state index is 0.0720. The van der Waals surface area contributed by atoms with E-state index in [-0.39, 0.29) is 17.3 Å². The minimum Gasteiger partial charge on any atom is -0.487 e. The van der Waals surface area contributed by atoms with Gasteiger partial charge in [0, 0.05) is 11.5 Å². The van der Waals surface area contributed by atoms with Crippen LogP contribution < -0.4 is 4.74 Å². The number of rotatable bonds is 2. The second kappa shape index (κ2) is 7.39. The molecule has 0 bridgehead atoms. The summed E-state index contributed by atoms with van der Waals surface area (Å²) in [4.78, 5) is 0. The Morgan fingerprint density at radius 1 is 1.14 bits per heavy atom. The second-order valence-corrected chi connectivity index (χ2v) is 9.81. The molecule has 0 saturated carbocycles. The molecular formula is C25H36NO2+. The Bertz CT molecular complexity index is 772. The summed E-state index contributed by atoms with van der Waals surface area (Å²) in [5.41, 5.74) is 0.663. The summed E-state index contributed by atoms with van der Waals surface area (Å²) in [6, 6.07) is 8.40. The number of fused-ring (bicyclic) bond motifs is 3. The maximum atomic E-state index is 6.76. The van der Waals surface area contributed by atoms with Gasteiger partial charge in [-0.05, 0) is 64.4 Å². The fourth-order valence-electron chi connectivity index (χ4n) is 5.32. The molecule has 3 nitrogen and oxygen atoms in total. The number of hydrogen-bond acceptors (Lipinski definition) is 2. The van der Waals surface area contributed by atoms with E-state index in [9.17, 15) is 0 Å². The van der Waals surface area contributed by atoms with Gasteiger partial charge >= 0.3 is 0 Å². The first-order chi connectivity index (χ1) is 13.4. The Kier molecular flexibility index (Phi) is 5.23. The van der Waals surface area contributed by atoms with Crippen molar-refractivity contribution in [3.63, 3.8) is 0 Å². The fraction of sp³-hybridized carbons (Fsp3) is 0.680. The molecule has 1 aromatic carbocycles. The van der Waals surface area contributed by atoms with Crippen molar-refractivity contribution < 1.29 is 14.0 Å². The maximum Gasteiger partial charge on any atom is 0.140 e. The number of para-hydroxylation sites is 1. The van der Waals surface area contributed by atoms with Gasteiger partial charge in [-0.25, -0.2) is 0 Å². The molecule has 0 unspecified atom stereocenters. The van der Waals surface area contributed by atoms with E-state index < -0.39 is 0 Å². The molecule has 3 heteroatoms. The van der Waals surface area contributed by atoms with Crippen molar-refractivity contribution in [2.24, 2.45) is 5.92 Å². The molecule has 2 saturated heterocycles. The SMILES string of the molecule is CC[C@]1(C)Oc2ccccc2[C@H]2O[C@](C)(C#CC[N+]3(C)CCCCC3)CC[C@@H]21. The number of benzene rings is 1. The Labute approximate surface area is 171 Å². The second-order valence-electron chi connectivity index (χ2n) is 9.81. The van der Waals surface area contributed by atoms with E-state index in [0.717, 1.165) is 36.0 Å². The first-order valence-electron chi connectivity index (χ1n) is 11.2. The molecule has 0 aliphatic carbocycles. The van der Waals surface area contributed by atoms with Gasteiger partial charge in [-0.1, -0.05) is 31.0 Å². The summed E-state index contributed by atoms with van der Waals surface area (Å²) < 4.78 is 14.3. The number of quaternary nitrogens is 1. The van der Waals surface area contributed by atoms with Gasteiger partial charge < -0.3 is 14.0 Å². The van der Waals surface area contributed by atoms with Crippen molar-refractivity contribution >= 4 is 0 Å². The third kappa shape index (κ3) is 3.70. The number of piperidine rings is 1. The Morgan fingerprint density at radius 2 is 1.89 bits per heavy atom. The van der Waals surface area contributed by atoms with Crippen LogP contribution in [0.2, 0.25) is 0 Å². The monoisotopic (exact) mass is 382 g/mol. The number of hydrogen-bond donors (Lipinski definition) is 0. The first kappa shape index (κ1) is 19.8. The van der Waals surface area contributed by atoms with Crippen molar-refractivity contribution in [2.45, 2.75) is 76.6 Å². The molecule has 0 spiro atoms. The van der Waals surface area contributed by atoms with Gasteiger partial charge in [-0.3, -0.25) is 0 Å². The average molecular weight is 383 g/mol.